The molecule has 0 spiro atoms. The lowest BCUT2D eigenvalue weighted by Gasteiger charge is -2.05. The number of anilines is 1. The van der Waals surface area contributed by atoms with Crippen LogP contribution in [0.1, 0.15) is 102 Å². The summed E-state index contributed by atoms with van der Waals surface area (Å²) in [6, 6.07) is 7.49. The predicted molar refractivity (Wildman–Crippen MR) is 114 cm³/mol. The molecule has 0 radical (unpaired) electrons. The van der Waals surface area contributed by atoms with E-state index in [-0.39, 0.29) is 0 Å². The maximum absolute atomic E-state index is 10.8. The fourth-order valence-corrected chi connectivity index (χ4v) is 3.42. The molecule has 0 aliphatic carbocycles. The fraction of sp³-hybridized carbons (Fsp3) is 0.696. The molecule has 0 saturated carbocycles. The van der Waals surface area contributed by atoms with Gasteiger partial charge in [-0.15, -0.1) is 0 Å². The van der Waals surface area contributed by atoms with Gasteiger partial charge in [0.15, 0.2) is 0 Å². The van der Waals surface area contributed by atoms with E-state index in [9.17, 15) is 4.79 Å². The number of urea groups is 1. The number of benzene rings is 1. The number of primary amides is 1. The lowest BCUT2D eigenvalue weighted by molar-refractivity contribution is 0.259. The quantitative estimate of drug-likeness (QED) is 0.301. The largest absolute Gasteiger partial charge is 0.351 e. The first-order valence-corrected chi connectivity index (χ1v) is 10.9. The Morgan fingerprint density at radius 1 is 0.731 bits per heavy atom. The number of hydrogen-bond donors (Lipinski definition) is 2. The molecule has 0 heterocycles. The SMILES string of the molecule is CCCCCCCCCCCCCCCCc1ccc(NC(N)=O)cc1. The molecule has 0 saturated heterocycles. The predicted octanol–water partition coefficient (Wildman–Crippen LogP) is 7.20. The zero-order valence-corrected chi connectivity index (χ0v) is 16.9. The van der Waals surface area contributed by atoms with Gasteiger partial charge >= 0.3 is 6.03 Å². The molecule has 0 aliphatic heterocycles. The van der Waals surface area contributed by atoms with Crippen molar-refractivity contribution in [3.8, 4) is 0 Å². The first kappa shape index (κ1) is 22.5. The molecule has 2 amide bonds. The van der Waals surface area contributed by atoms with E-state index < -0.39 is 6.03 Å². The van der Waals surface area contributed by atoms with E-state index in [2.05, 4.69) is 24.4 Å². The Labute approximate surface area is 161 Å². The first-order valence-electron chi connectivity index (χ1n) is 10.9. The summed E-state index contributed by atoms with van der Waals surface area (Å²) in [6.45, 7) is 2.28. The average Bonchev–Trinajstić information content (AvgIpc) is 2.63. The normalized spacial score (nSPS) is 10.8. The molecular weight excluding hydrogens is 320 g/mol. The summed E-state index contributed by atoms with van der Waals surface area (Å²) < 4.78 is 0. The van der Waals surface area contributed by atoms with Gasteiger partial charge in [0.2, 0.25) is 0 Å². The van der Waals surface area contributed by atoms with Crippen LogP contribution in [0, 0.1) is 0 Å². The monoisotopic (exact) mass is 360 g/mol. The molecule has 0 atom stereocenters. The Balaban J connectivity index is 1.87. The molecule has 0 aromatic heterocycles. The molecule has 1 aromatic carbocycles. The summed E-state index contributed by atoms with van der Waals surface area (Å²) in [4.78, 5) is 10.8. The molecule has 26 heavy (non-hydrogen) atoms. The van der Waals surface area contributed by atoms with Crippen molar-refractivity contribution in [1.29, 1.82) is 0 Å². The fourth-order valence-electron chi connectivity index (χ4n) is 3.42. The Morgan fingerprint density at radius 3 is 1.58 bits per heavy atom. The van der Waals surface area contributed by atoms with Gasteiger partial charge in [-0.25, -0.2) is 4.79 Å². The van der Waals surface area contributed by atoms with Crippen LogP contribution in [0.15, 0.2) is 24.3 Å². The van der Waals surface area contributed by atoms with Crippen molar-refractivity contribution in [3.63, 3.8) is 0 Å². The Hall–Kier alpha value is -1.51. The minimum Gasteiger partial charge on any atom is -0.351 e. The van der Waals surface area contributed by atoms with E-state index in [4.69, 9.17) is 5.73 Å². The molecule has 0 fully saturated rings. The number of nitrogens with two attached hydrogens (primary N) is 1. The second-order valence-corrected chi connectivity index (χ2v) is 7.53. The molecule has 0 unspecified atom stereocenters. The van der Waals surface area contributed by atoms with Crippen molar-refractivity contribution in [3.05, 3.63) is 29.8 Å². The van der Waals surface area contributed by atoms with Gasteiger partial charge < -0.3 is 11.1 Å². The molecule has 3 N–H and O–H groups in total. The number of nitrogens with one attached hydrogen (secondary N) is 1. The molecule has 148 valence electrons. The van der Waals surface area contributed by atoms with Crippen LogP contribution in [0.25, 0.3) is 0 Å². The van der Waals surface area contributed by atoms with Crippen LogP contribution in [0.2, 0.25) is 0 Å². The van der Waals surface area contributed by atoms with Crippen LogP contribution < -0.4 is 11.1 Å². The third-order valence-electron chi connectivity index (χ3n) is 5.04. The lowest BCUT2D eigenvalue weighted by atomic mass is 10.0. The Morgan fingerprint density at radius 2 is 1.15 bits per heavy atom. The minimum atomic E-state index is -0.510. The summed E-state index contributed by atoms with van der Waals surface area (Å²) in [5, 5.41) is 2.59. The minimum absolute atomic E-state index is 0.510. The van der Waals surface area contributed by atoms with Crippen molar-refractivity contribution in [2.45, 2.75) is 103 Å². The maximum Gasteiger partial charge on any atom is 0.316 e. The van der Waals surface area contributed by atoms with E-state index in [1.165, 1.54) is 95.5 Å². The standard InChI is InChI=1S/C23H40N2O/c1-2-3-4-5-6-7-8-9-10-11-12-13-14-15-16-21-17-19-22(20-18-21)25-23(24)26/h17-20H,2-16H2,1H3,(H3,24,25,26). The molecular formula is C23H40N2O. The number of carbonyl (C=O) groups excluding carboxylic acids is 1. The average molecular weight is 361 g/mol. The zero-order chi connectivity index (χ0) is 18.9. The van der Waals surface area contributed by atoms with Crippen LogP contribution in [0.3, 0.4) is 0 Å². The molecule has 0 aliphatic rings. The highest BCUT2D eigenvalue weighted by Crippen LogP contribution is 2.15. The van der Waals surface area contributed by atoms with Crippen LogP contribution in [-0.4, -0.2) is 6.03 Å². The molecule has 3 heteroatoms. The van der Waals surface area contributed by atoms with E-state index in [0.717, 1.165) is 12.1 Å². The van der Waals surface area contributed by atoms with Crippen molar-refractivity contribution >= 4 is 11.7 Å². The van der Waals surface area contributed by atoms with E-state index in [0.29, 0.717) is 0 Å². The van der Waals surface area contributed by atoms with Gasteiger partial charge in [-0.05, 0) is 30.5 Å². The summed E-state index contributed by atoms with van der Waals surface area (Å²) in [7, 11) is 0. The Kier molecular flexibility index (Phi) is 13.6. The number of unbranched alkanes of at least 4 members (excludes halogenated alkanes) is 13. The smallest absolute Gasteiger partial charge is 0.316 e. The van der Waals surface area contributed by atoms with Gasteiger partial charge in [0.1, 0.15) is 0 Å². The highest BCUT2D eigenvalue weighted by atomic mass is 16.2. The van der Waals surface area contributed by atoms with E-state index >= 15 is 0 Å². The third-order valence-corrected chi connectivity index (χ3v) is 5.04. The number of carbonyl (C=O) groups is 1. The van der Waals surface area contributed by atoms with Gasteiger partial charge in [0.05, 0.1) is 0 Å². The van der Waals surface area contributed by atoms with Gasteiger partial charge in [0, 0.05) is 5.69 Å². The highest BCUT2D eigenvalue weighted by molar-refractivity contribution is 5.87. The van der Waals surface area contributed by atoms with Crippen LogP contribution >= 0.6 is 0 Å². The van der Waals surface area contributed by atoms with Crippen LogP contribution in [0.4, 0.5) is 10.5 Å². The zero-order valence-electron chi connectivity index (χ0n) is 16.9. The third kappa shape index (κ3) is 12.8. The summed E-state index contributed by atoms with van der Waals surface area (Å²) in [5.41, 5.74) is 7.21. The van der Waals surface area contributed by atoms with E-state index in [1.54, 1.807) is 0 Å². The van der Waals surface area contributed by atoms with Crippen molar-refractivity contribution in [1.82, 2.24) is 0 Å². The second kappa shape index (κ2) is 15.7. The molecule has 1 aromatic rings. The topological polar surface area (TPSA) is 55.1 Å². The molecule has 0 bridgehead atoms. The Bertz CT molecular complexity index is 456. The van der Waals surface area contributed by atoms with Gasteiger partial charge in [-0.3, -0.25) is 0 Å². The molecule has 3 nitrogen and oxygen atoms in total. The lowest BCUT2D eigenvalue weighted by Crippen LogP contribution is -2.19. The van der Waals surface area contributed by atoms with E-state index in [1.807, 2.05) is 12.1 Å². The second-order valence-electron chi connectivity index (χ2n) is 7.53. The number of hydrogen-bond acceptors (Lipinski definition) is 1. The highest BCUT2D eigenvalue weighted by Gasteiger charge is 1.98. The summed E-state index contributed by atoms with van der Waals surface area (Å²) in [6.07, 6.45) is 20.7. The maximum atomic E-state index is 10.8. The number of rotatable bonds is 16. The molecule has 1 rings (SSSR count). The number of amides is 2. The van der Waals surface area contributed by atoms with Crippen molar-refractivity contribution in [2.24, 2.45) is 5.73 Å². The van der Waals surface area contributed by atoms with Crippen molar-refractivity contribution < 1.29 is 4.79 Å². The summed E-state index contributed by atoms with van der Waals surface area (Å²) >= 11 is 0. The van der Waals surface area contributed by atoms with Gasteiger partial charge in [-0.2, -0.15) is 0 Å². The van der Waals surface area contributed by atoms with Crippen molar-refractivity contribution in [2.75, 3.05) is 5.32 Å². The number of aryl methyl sites for hydroxylation is 1. The van der Waals surface area contributed by atoms with Crippen LogP contribution in [0.5, 0.6) is 0 Å². The van der Waals surface area contributed by atoms with Gasteiger partial charge in [-0.1, -0.05) is 103 Å². The van der Waals surface area contributed by atoms with Crippen LogP contribution in [-0.2, 0) is 6.42 Å². The summed E-state index contributed by atoms with van der Waals surface area (Å²) in [5.74, 6) is 0. The first-order chi connectivity index (χ1) is 12.7. The van der Waals surface area contributed by atoms with Gasteiger partial charge in [0.25, 0.3) is 0 Å².